The minimum absolute atomic E-state index is 0.0825. The third-order valence-corrected chi connectivity index (χ3v) is 2.02. The zero-order valence-corrected chi connectivity index (χ0v) is 9.62. The van der Waals surface area contributed by atoms with Crippen molar-refractivity contribution in [2.75, 3.05) is 0 Å². The summed E-state index contributed by atoms with van der Waals surface area (Å²) < 4.78 is 4.82. The third kappa shape index (κ3) is 3.42. The lowest BCUT2D eigenvalue weighted by atomic mass is 10.2. The summed E-state index contributed by atoms with van der Waals surface area (Å²) >= 11 is 0. The molecule has 18 heavy (non-hydrogen) atoms. The number of nitriles is 1. The average molecular weight is 246 g/mol. The Morgan fingerprint density at radius 1 is 1.50 bits per heavy atom. The molecule has 0 N–H and O–H groups in total. The van der Waals surface area contributed by atoms with E-state index in [-0.39, 0.29) is 17.0 Å². The van der Waals surface area contributed by atoms with Crippen LogP contribution in [0.5, 0.6) is 0 Å². The number of carbonyl (C=O) groups excluding carboxylic acids is 1. The van der Waals surface area contributed by atoms with Crippen LogP contribution in [0.2, 0.25) is 0 Å². The Hall–Kier alpha value is -2.68. The van der Waals surface area contributed by atoms with Crippen LogP contribution >= 0.6 is 0 Å². The Morgan fingerprint density at radius 2 is 2.11 bits per heavy atom. The summed E-state index contributed by atoms with van der Waals surface area (Å²) in [4.78, 5) is 21.5. The molecule has 0 amide bonds. The minimum Gasteiger partial charge on any atom is -0.412 e. The van der Waals surface area contributed by atoms with E-state index < -0.39 is 10.9 Å². The predicted molar refractivity (Wildman–Crippen MR) is 62.5 cm³/mol. The normalized spacial score (nSPS) is 10.6. The second kappa shape index (κ2) is 6.15. The first-order chi connectivity index (χ1) is 8.58. The van der Waals surface area contributed by atoms with Crippen molar-refractivity contribution >= 4 is 11.7 Å². The van der Waals surface area contributed by atoms with E-state index in [1.807, 2.05) is 0 Å². The van der Waals surface area contributed by atoms with Gasteiger partial charge in [0.2, 0.25) is 5.76 Å². The molecule has 0 spiro atoms. The van der Waals surface area contributed by atoms with E-state index in [0.717, 1.165) is 0 Å². The highest BCUT2D eigenvalue weighted by Gasteiger charge is 2.12. The maximum atomic E-state index is 11.6. The van der Waals surface area contributed by atoms with Crippen LogP contribution < -0.4 is 0 Å². The van der Waals surface area contributed by atoms with Gasteiger partial charge in [-0.05, 0) is 24.6 Å². The molecule has 0 fully saturated rings. The second-order valence-corrected chi connectivity index (χ2v) is 3.28. The SMILES string of the molecule is CC/C=C(/C#N)OC(=O)c1ccc([N+](=O)[O-])cc1. The van der Waals surface area contributed by atoms with Crippen molar-refractivity contribution in [1.29, 1.82) is 5.26 Å². The van der Waals surface area contributed by atoms with E-state index in [2.05, 4.69) is 0 Å². The molecule has 1 aromatic rings. The van der Waals surface area contributed by atoms with Crippen LogP contribution in [0.25, 0.3) is 0 Å². The quantitative estimate of drug-likeness (QED) is 0.267. The molecule has 0 radical (unpaired) electrons. The lowest BCUT2D eigenvalue weighted by molar-refractivity contribution is -0.384. The maximum absolute atomic E-state index is 11.6. The molecule has 0 aliphatic heterocycles. The van der Waals surface area contributed by atoms with Crippen molar-refractivity contribution in [3.8, 4) is 6.07 Å². The van der Waals surface area contributed by atoms with Crippen molar-refractivity contribution in [2.45, 2.75) is 13.3 Å². The van der Waals surface area contributed by atoms with E-state index in [0.29, 0.717) is 6.42 Å². The third-order valence-electron chi connectivity index (χ3n) is 2.02. The van der Waals surface area contributed by atoms with Crippen molar-refractivity contribution in [3.05, 3.63) is 51.8 Å². The molecule has 92 valence electrons. The number of carbonyl (C=O) groups is 1. The summed E-state index contributed by atoms with van der Waals surface area (Å²) in [6.45, 7) is 1.80. The fraction of sp³-hybridized carbons (Fsp3) is 0.167. The molecule has 0 saturated carbocycles. The fourth-order valence-electron chi connectivity index (χ4n) is 1.17. The van der Waals surface area contributed by atoms with Crippen LogP contribution in [0.3, 0.4) is 0 Å². The standard InChI is InChI=1S/C12H10N2O4/c1-2-3-11(8-13)18-12(15)9-4-6-10(7-5-9)14(16)17/h3-7H,2H2,1H3/b11-3-. The average Bonchev–Trinajstić information content (AvgIpc) is 2.38. The Morgan fingerprint density at radius 3 is 2.56 bits per heavy atom. The first-order valence-corrected chi connectivity index (χ1v) is 5.15. The number of esters is 1. The van der Waals surface area contributed by atoms with E-state index in [1.54, 1.807) is 13.0 Å². The summed E-state index contributed by atoms with van der Waals surface area (Å²) in [6, 6.07) is 6.70. The molecule has 1 aromatic carbocycles. The molecule has 0 unspecified atom stereocenters. The molecule has 0 bridgehead atoms. The van der Waals surface area contributed by atoms with Crippen molar-refractivity contribution < 1.29 is 14.5 Å². The highest BCUT2D eigenvalue weighted by Crippen LogP contribution is 2.13. The van der Waals surface area contributed by atoms with Crippen LogP contribution in [0.4, 0.5) is 5.69 Å². The number of hydrogen-bond acceptors (Lipinski definition) is 5. The van der Waals surface area contributed by atoms with E-state index in [9.17, 15) is 14.9 Å². The van der Waals surface area contributed by atoms with E-state index >= 15 is 0 Å². The number of allylic oxidation sites excluding steroid dienone is 2. The Bertz CT molecular complexity index is 526. The largest absolute Gasteiger partial charge is 0.412 e. The Balaban J connectivity index is 2.82. The van der Waals surface area contributed by atoms with Gasteiger partial charge in [0.25, 0.3) is 5.69 Å². The van der Waals surface area contributed by atoms with Crippen LogP contribution in [0, 0.1) is 21.4 Å². The fourth-order valence-corrected chi connectivity index (χ4v) is 1.17. The zero-order chi connectivity index (χ0) is 13.5. The number of benzene rings is 1. The predicted octanol–water partition coefficient (Wildman–Crippen LogP) is 2.57. The van der Waals surface area contributed by atoms with Crippen molar-refractivity contribution in [3.63, 3.8) is 0 Å². The summed E-state index contributed by atoms with van der Waals surface area (Å²) in [7, 11) is 0. The number of nitro groups is 1. The number of rotatable bonds is 4. The molecular formula is C12H10N2O4. The molecule has 0 aromatic heterocycles. The summed E-state index contributed by atoms with van der Waals surface area (Å²) in [5.74, 6) is -0.799. The van der Waals surface area contributed by atoms with Gasteiger partial charge in [-0.3, -0.25) is 10.1 Å². The van der Waals surface area contributed by atoms with Crippen molar-refractivity contribution in [2.24, 2.45) is 0 Å². The molecule has 6 nitrogen and oxygen atoms in total. The van der Waals surface area contributed by atoms with Gasteiger partial charge in [-0.25, -0.2) is 4.79 Å². The molecule has 0 aliphatic carbocycles. The van der Waals surface area contributed by atoms with Crippen LogP contribution in [0.15, 0.2) is 36.1 Å². The highest BCUT2D eigenvalue weighted by molar-refractivity contribution is 5.90. The lowest BCUT2D eigenvalue weighted by Crippen LogP contribution is -2.04. The minimum atomic E-state index is -0.717. The van der Waals surface area contributed by atoms with E-state index in [1.165, 1.54) is 30.3 Å². The molecule has 6 heteroatoms. The number of ether oxygens (including phenoxy) is 1. The topological polar surface area (TPSA) is 93.2 Å². The van der Waals surface area contributed by atoms with Crippen LogP contribution in [-0.4, -0.2) is 10.9 Å². The number of nitrogens with zero attached hydrogens (tertiary/aromatic N) is 2. The van der Waals surface area contributed by atoms with Gasteiger partial charge in [-0.1, -0.05) is 6.92 Å². The van der Waals surface area contributed by atoms with Crippen LogP contribution in [0.1, 0.15) is 23.7 Å². The van der Waals surface area contributed by atoms with E-state index in [4.69, 9.17) is 10.00 Å². The summed E-state index contributed by atoms with van der Waals surface area (Å²) in [5, 5.41) is 19.1. The van der Waals surface area contributed by atoms with Crippen LogP contribution in [-0.2, 0) is 4.74 Å². The summed E-state index contributed by atoms with van der Waals surface area (Å²) in [5.41, 5.74) is 0.0361. The lowest BCUT2D eigenvalue weighted by Gasteiger charge is -2.01. The highest BCUT2D eigenvalue weighted by atomic mass is 16.6. The van der Waals surface area contributed by atoms with Gasteiger partial charge in [-0.2, -0.15) is 5.26 Å². The molecular weight excluding hydrogens is 236 g/mol. The molecule has 0 saturated heterocycles. The number of non-ortho nitro benzene ring substituents is 1. The van der Waals surface area contributed by atoms with Gasteiger partial charge in [0.05, 0.1) is 10.5 Å². The first-order valence-electron chi connectivity index (χ1n) is 5.15. The molecule has 0 heterocycles. The van der Waals surface area contributed by atoms with Gasteiger partial charge in [0.1, 0.15) is 6.07 Å². The van der Waals surface area contributed by atoms with Gasteiger partial charge in [0, 0.05) is 12.1 Å². The van der Waals surface area contributed by atoms with Gasteiger partial charge >= 0.3 is 5.97 Å². The summed E-state index contributed by atoms with van der Waals surface area (Å²) in [6.07, 6.45) is 2.04. The van der Waals surface area contributed by atoms with Gasteiger partial charge < -0.3 is 4.74 Å². The first kappa shape index (κ1) is 13.4. The van der Waals surface area contributed by atoms with Gasteiger partial charge in [0.15, 0.2) is 0 Å². The maximum Gasteiger partial charge on any atom is 0.344 e. The Kier molecular flexibility index (Phi) is 4.58. The number of nitro benzene ring substituents is 1. The molecule has 0 aliphatic rings. The zero-order valence-electron chi connectivity index (χ0n) is 9.62. The Labute approximate surface area is 103 Å². The second-order valence-electron chi connectivity index (χ2n) is 3.28. The molecule has 1 rings (SSSR count). The van der Waals surface area contributed by atoms with Crippen molar-refractivity contribution in [1.82, 2.24) is 0 Å². The van der Waals surface area contributed by atoms with Gasteiger partial charge in [-0.15, -0.1) is 0 Å². The molecule has 0 atom stereocenters. The monoisotopic (exact) mass is 246 g/mol. The number of hydrogen-bond donors (Lipinski definition) is 0. The smallest absolute Gasteiger partial charge is 0.344 e.